The molecule has 0 aliphatic rings. The van der Waals surface area contributed by atoms with Crippen LogP contribution in [0.3, 0.4) is 0 Å². The van der Waals surface area contributed by atoms with E-state index in [-0.39, 0.29) is 0 Å². The highest BCUT2D eigenvalue weighted by atomic mass is 32.2. The zero-order valence-electron chi connectivity index (χ0n) is 29.6. The van der Waals surface area contributed by atoms with Gasteiger partial charge in [-0.1, -0.05) is 78.1 Å². The number of aromatic nitrogens is 2. The van der Waals surface area contributed by atoms with Crippen LogP contribution in [-0.2, 0) is 22.3 Å². The highest BCUT2D eigenvalue weighted by molar-refractivity contribution is 8.01. The Morgan fingerprint density at radius 3 is 2.07 bits per heavy atom. The Labute approximate surface area is 338 Å². The fourth-order valence-electron chi connectivity index (χ4n) is 6.51. The van der Waals surface area contributed by atoms with Crippen LogP contribution in [0, 0.1) is 0 Å². The zero-order chi connectivity index (χ0) is 37.0. The maximum atomic E-state index is 13.3. The molecular formula is C42H38N4O2S6. The van der Waals surface area contributed by atoms with E-state index in [4.69, 9.17) is 26.2 Å². The molecule has 8 rings (SSSR count). The molecule has 54 heavy (non-hydrogen) atoms. The monoisotopic (exact) mass is 822 g/mol. The van der Waals surface area contributed by atoms with Crippen LogP contribution in [0.25, 0.3) is 63.8 Å². The number of thiophene rings is 4. The van der Waals surface area contributed by atoms with Crippen LogP contribution >= 0.6 is 57.1 Å². The molecule has 0 radical (unpaired) electrons. The van der Waals surface area contributed by atoms with Crippen molar-refractivity contribution < 1.29 is 9.29 Å². The normalized spacial score (nSPS) is 12.3. The van der Waals surface area contributed by atoms with E-state index in [1.807, 2.05) is 36.0 Å². The molecule has 0 fully saturated rings. The molecule has 0 spiro atoms. The van der Waals surface area contributed by atoms with Gasteiger partial charge < -0.3 is 20.8 Å². The van der Waals surface area contributed by atoms with Crippen molar-refractivity contribution in [3.8, 4) is 43.4 Å². The average molecular weight is 823 g/mol. The fraction of sp³-hybridized carbons (Fsp3) is 0.190. The topological polar surface area (TPSA) is 110 Å². The molecule has 0 aliphatic heterocycles. The number of methoxy groups -OCH3 is 1. The van der Waals surface area contributed by atoms with Gasteiger partial charge in [-0.15, -0.1) is 45.8 Å². The van der Waals surface area contributed by atoms with Gasteiger partial charge in [-0.05, 0) is 99.0 Å². The number of rotatable bonds is 15. The van der Waals surface area contributed by atoms with E-state index in [0.717, 1.165) is 98.7 Å². The minimum Gasteiger partial charge on any atom is -0.611 e. The van der Waals surface area contributed by atoms with Gasteiger partial charge in [0, 0.05) is 24.3 Å². The molecule has 0 saturated carbocycles. The molecule has 0 aliphatic carbocycles. The number of hydrogen-bond acceptors (Lipinski definition) is 11. The van der Waals surface area contributed by atoms with Gasteiger partial charge in [0.1, 0.15) is 21.1 Å². The molecule has 0 amide bonds. The van der Waals surface area contributed by atoms with Crippen LogP contribution in [0.5, 0.6) is 0 Å². The van der Waals surface area contributed by atoms with Crippen LogP contribution < -0.4 is 11.5 Å². The molecule has 0 saturated heterocycles. The van der Waals surface area contributed by atoms with Crippen molar-refractivity contribution in [1.29, 1.82) is 0 Å². The lowest BCUT2D eigenvalue weighted by molar-refractivity contribution is 0.199. The zero-order valence-corrected chi connectivity index (χ0v) is 34.5. The Balaban J connectivity index is 0.969. The van der Waals surface area contributed by atoms with E-state index in [1.54, 1.807) is 41.1 Å². The summed E-state index contributed by atoms with van der Waals surface area (Å²) in [5.74, 6) is 1.49. The molecule has 274 valence electrons. The third-order valence-electron chi connectivity index (χ3n) is 9.16. The van der Waals surface area contributed by atoms with E-state index >= 15 is 0 Å². The fourth-order valence-corrected chi connectivity index (χ4v) is 13.1. The lowest BCUT2D eigenvalue weighted by Crippen LogP contribution is -2.09. The van der Waals surface area contributed by atoms with Gasteiger partial charge in [0.2, 0.25) is 4.21 Å². The third-order valence-corrected chi connectivity index (χ3v) is 16.5. The second-order valence-electron chi connectivity index (χ2n) is 12.8. The maximum Gasteiger partial charge on any atom is 0.232 e. The summed E-state index contributed by atoms with van der Waals surface area (Å²) in [5.41, 5.74) is 22.6. The summed E-state index contributed by atoms with van der Waals surface area (Å²) in [6.07, 6.45) is 3.85. The van der Waals surface area contributed by atoms with E-state index in [9.17, 15) is 4.55 Å². The Morgan fingerprint density at radius 2 is 1.41 bits per heavy atom. The number of fused-ring (bicyclic) bond motifs is 2. The molecular weight excluding hydrogens is 785 g/mol. The van der Waals surface area contributed by atoms with Gasteiger partial charge in [0.25, 0.3) is 0 Å². The quantitative estimate of drug-likeness (QED) is 0.0602. The first-order valence-electron chi connectivity index (χ1n) is 17.7. The number of nitrogen functional groups attached to an aromatic ring is 2. The number of benzene rings is 2. The van der Waals surface area contributed by atoms with Crippen LogP contribution in [-0.4, -0.2) is 39.7 Å². The summed E-state index contributed by atoms with van der Waals surface area (Å²) in [4.78, 5) is 14.3. The second-order valence-corrected chi connectivity index (χ2v) is 19.8. The number of hydrogen-bond donors (Lipinski definition) is 2. The first kappa shape index (κ1) is 37.2. The predicted octanol–water partition coefficient (Wildman–Crippen LogP) is 12.1. The van der Waals surface area contributed by atoms with Gasteiger partial charge in [0.15, 0.2) is 0 Å². The van der Waals surface area contributed by atoms with Crippen molar-refractivity contribution >= 4 is 100 Å². The number of thioether (sulfide) groups is 1. The Bertz CT molecular complexity index is 2490. The number of aryl methyl sites for hydroxylation is 1. The molecule has 6 heterocycles. The highest BCUT2D eigenvalue weighted by Crippen LogP contribution is 2.46. The third kappa shape index (κ3) is 7.85. The van der Waals surface area contributed by atoms with Crippen LogP contribution in [0.2, 0.25) is 0 Å². The van der Waals surface area contributed by atoms with Crippen LogP contribution in [0.4, 0.5) is 11.4 Å². The molecule has 2 aromatic carbocycles. The summed E-state index contributed by atoms with van der Waals surface area (Å²) < 4.78 is 20.3. The Morgan fingerprint density at radius 1 is 0.741 bits per heavy atom. The number of nitrogens with zero attached hydrogens (tertiary/aromatic N) is 2. The molecule has 6 nitrogen and oxygen atoms in total. The average Bonchev–Trinajstić information content (AvgIpc) is 4.03. The molecule has 1 atom stereocenters. The molecule has 12 heteroatoms. The number of nitrogens with two attached hydrogens (primary N) is 2. The van der Waals surface area contributed by atoms with Crippen molar-refractivity contribution in [1.82, 2.24) is 9.97 Å². The van der Waals surface area contributed by atoms with Gasteiger partial charge in [0.05, 0.1) is 37.6 Å². The molecule has 6 aromatic heterocycles. The first-order valence-corrected chi connectivity index (χ1v) is 23.4. The number of ether oxygens (including phenoxy) is 1. The minimum atomic E-state index is -1.22. The standard InChI is InChI=1S/C42H38N4O2S6/c1-48-18-11-21-54(47)42-38(44)36-30(28-15-6-3-7-16-28)24-32(46-40(36)53-42)34-22-26(25-51-34)12-8-9-19-50-41-37(43)35-29(27-13-4-2-5-14-27)23-31(45-39(35)52-41)33-17-10-20-49-33/h2-7,10,13-17,20,22-25H,8-9,11-12,18-19,21,43-44H2,1H3. The summed E-state index contributed by atoms with van der Waals surface area (Å²) in [5, 5.41) is 6.28. The van der Waals surface area contributed by atoms with E-state index in [2.05, 4.69) is 77.5 Å². The molecule has 8 aromatic rings. The SMILES string of the molecule is COCCC[S+]([O-])c1sc2nc(-c3cc(CCCCSc4sc5nc(-c6cccs6)cc(-c6ccccc6)c5c4N)cs3)cc(-c3ccccc3)c2c1N. The Kier molecular flexibility index (Phi) is 11.7. The van der Waals surface area contributed by atoms with Crippen molar-refractivity contribution in [2.75, 3.05) is 36.7 Å². The van der Waals surface area contributed by atoms with Gasteiger partial charge in [-0.25, -0.2) is 9.97 Å². The van der Waals surface area contributed by atoms with E-state index < -0.39 is 11.2 Å². The van der Waals surface area contributed by atoms with Crippen molar-refractivity contribution in [3.63, 3.8) is 0 Å². The van der Waals surface area contributed by atoms with Crippen molar-refractivity contribution in [2.45, 2.75) is 34.1 Å². The highest BCUT2D eigenvalue weighted by Gasteiger charge is 2.25. The number of anilines is 2. The maximum absolute atomic E-state index is 13.3. The lowest BCUT2D eigenvalue weighted by Gasteiger charge is -2.09. The lowest BCUT2D eigenvalue weighted by atomic mass is 10.0. The number of pyridine rings is 2. The Hall–Kier alpha value is -3.72. The smallest absolute Gasteiger partial charge is 0.232 e. The van der Waals surface area contributed by atoms with Crippen LogP contribution in [0.15, 0.2) is 110 Å². The molecule has 4 N–H and O–H groups in total. The number of unbranched alkanes of at least 4 members (excludes halogenated alkanes) is 1. The van der Waals surface area contributed by atoms with E-state index in [0.29, 0.717) is 28.7 Å². The summed E-state index contributed by atoms with van der Waals surface area (Å²) in [6, 6.07) is 31.5. The van der Waals surface area contributed by atoms with E-state index in [1.165, 1.54) is 16.9 Å². The molecule has 1 unspecified atom stereocenters. The largest absolute Gasteiger partial charge is 0.611 e. The second kappa shape index (κ2) is 17.0. The summed E-state index contributed by atoms with van der Waals surface area (Å²) >= 11 is 7.21. The van der Waals surface area contributed by atoms with Crippen LogP contribution in [0.1, 0.15) is 24.8 Å². The summed E-state index contributed by atoms with van der Waals surface area (Å²) in [7, 11) is 1.66. The molecule has 0 bridgehead atoms. The van der Waals surface area contributed by atoms with Gasteiger partial charge >= 0.3 is 0 Å². The van der Waals surface area contributed by atoms with Crippen molar-refractivity contribution in [3.05, 3.63) is 107 Å². The predicted molar refractivity (Wildman–Crippen MR) is 237 cm³/mol. The summed E-state index contributed by atoms with van der Waals surface area (Å²) in [6.45, 7) is 0.569. The first-order chi connectivity index (χ1) is 26.5. The van der Waals surface area contributed by atoms with Gasteiger partial charge in [-0.3, -0.25) is 0 Å². The minimum absolute atomic E-state index is 0.506. The van der Waals surface area contributed by atoms with Crippen molar-refractivity contribution in [2.24, 2.45) is 0 Å². The van der Waals surface area contributed by atoms with Gasteiger partial charge in [-0.2, -0.15) is 0 Å².